The lowest BCUT2D eigenvalue weighted by Gasteiger charge is -2.07. The van der Waals surface area contributed by atoms with Crippen LogP contribution in [-0.2, 0) is 11.3 Å². The van der Waals surface area contributed by atoms with Gasteiger partial charge in [-0.05, 0) is 24.4 Å². The monoisotopic (exact) mass is 234 g/mol. The maximum Gasteiger partial charge on any atom is 0.234 e. The van der Waals surface area contributed by atoms with E-state index in [-0.39, 0.29) is 11.9 Å². The van der Waals surface area contributed by atoms with Crippen LogP contribution in [0, 0.1) is 0 Å². The molecule has 1 amide bonds. The van der Waals surface area contributed by atoms with Crippen molar-refractivity contribution < 1.29 is 4.79 Å². The van der Waals surface area contributed by atoms with Crippen LogP contribution in [-0.4, -0.2) is 11.9 Å². The molecular weight excluding hydrogens is 220 g/mol. The van der Waals surface area contributed by atoms with E-state index in [0.717, 1.165) is 0 Å². The minimum atomic E-state index is -0.318. The highest BCUT2D eigenvalue weighted by molar-refractivity contribution is 7.19. The number of nitrogens with one attached hydrogen (secondary N) is 1. The van der Waals surface area contributed by atoms with Crippen LogP contribution in [0.5, 0.6) is 0 Å². The Balaban J connectivity index is 2.07. The van der Waals surface area contributed by atoms with Crippen molar-refractivity contribution >= 4 is 27.3 Å². The minimum Gasteiger partial charge on any atom is -0.368 e. The van der Waals surface area contributed by atoms with Crippen molar-refractivity contribution in [3.63, 3.8) is 0 Å². The van der Waals surface area contributed by atoms with E-state index in [1.165, 1.54) is 15.0 Å². The summed E-state index contributed by atoms with van der Waals surface area (Å²) < 4.78 is 1.27. The van der Waals surface area contributed by atoms with Crippen LogP contribution < -0.4 is 11.1 Å². The molecule has 0 saturated carbocycles. The fourth-order valence-corrected chi connectivity index (χ4v) is 2.49. The molecule has 1 aromatic heterocycles. The predicted octanol–water partition coefficient (Wildman–Crippen LogP) is 1.86. The molecule has 0 aliphatic carbocycles. The number of nitrogens with two attached hydrogens (primary N) is 1. The Hall–Kier alpha value is -1.39. The number of carbonyl (C=O) groups excluding carboxylic acids is 1. The van der Waals surface area contributed by atoms with Crippen molar-refractivity contribution in [2.45, 2.75) is 19.5 Å². The zero-order valence-electron chi connectivity index (χ0n) is 9.07. The minimum absolute atomic E-state index is 0.287. The molecule has 2 aromatic rings. The number of primary amides is 1. The van der Waals surface area contributed by atoms with Crippen molar-refractivity contribution in [2.75, 3.05) is 0 Å². The summed E-state index contributed by atoms with van der Waals surface area (Å²) in [5.41, 5.74) is 5.18. The Bertz CT molecular complexity index is 473. The molecule has 0 aliphatic rings. The van der Waals surface area contributed by atoms with Gasteiger partial charge < -0.3 is 11.1 Å². The van der Waals surface area contributed by atoms with Crippen molar-refractivity contribution in [2.24, 2.45) is 5.73 Å². The molecule has 2 rings (SSSR count). The van der Waals surface area contributed by atoms with E-state index in [2.05, 4.69) is 23.5 Å². The van der Waals surface area contributed by atoms with Gasteiger partial charge in [-0.1, -0.05) is 18.2 Å². The van der Waals surface area contributed by atoms with Gasteiger partial charge in [0.25, 0.3) is 0 Å². The quantitative estimate of drug-likeness (QED) is 0.848. The number of rotatable bonds is 4. The fourth-order valence-electron chi connectivity index (χ4n) is 1.48. The molecule has 1 heterocycles. The summed E-state index contributed by atoms with van der Waals surface area (Å²) >= 11 is 1.74. The number of amides is 1. The highest BCUT2D eigenvalue weighted by Gasteiger charge is 2.08. The topological polar surface area (TPSA) is 55.1 Å². The smallest absolute Gasteiger partial charge is 0.234 e. The first kappa shape index (κ1) is 11.1. The first-order chi connectivity index (χ1) is 7.66. The Morgan fingerprint density at radius 2 is 2.25 bits per heavy atom. The third-order valence-corrected chi connectivity index (χ3v) is 3.60. The molecule has 0 spiro atoms. The van der Waals surface area contributed by atoms with Crippen molar-refractivity contribution in [3.8, 4) is 0 Å². The lowest BCUT2D eigenvalue weighted by molar-refractivity contribution is -0.119. The standard InChI is InChI=1S/C12H14N2OS/c1-8(12(13)15)14-7-10-6-9-4-2-3-5-11(9)16-10/h2-6,8,14H,7H2,1H3,(H2,13,15). The van der Waals surface area contributed by atoms with Gasteiger partial charge in [-0.2, -0.15) is 0 Å². The molecule has 0 radical (unpaired) electrons. The van der Waals surface area contributed by atoms with Crippen LogP contribution in [0.1, 0.15) is 11.8 Å². The van der Waals surface area contributed by atoms with Gasteiger partial charge in [-0.25, -0.2) is 0 Å². The highest BCUT2D eigenvalue weighted by Crippen LogP contribution is 2.24. The molecule has 1 aromatic carbocycles. The molecule has 16 heavy (non-hydrogen) atoms. The summed E-state index contributed by atoms with van der Waals surface area (Å²) in [4.78, 5) is 12.1. The van der Waals surface area contributed by atoms with Crippen LogP contribution in [0.2, 0.25) is 0 Å². The molecule has 3 nitrogen and oxygen atoms in total. The lowest BCUT2D eigenvalue weighted by atomic mass is 10.2. The van der Waals surface area contributed by atoms with Crippen LogP contribution in [0.15, 0.2) is 30.3 Å². The second kappa shape index (κ2) is 4.63. The largest absolute Gasteiger partial charge is 0.368 e. The fraction of sp³-hybridized carbons (Fsp3) is 0.250. The Labute approximate surface area is 98.3 Å². The summed E-state index contributed by atoms with van der Waals surface area (Å²) in [7, 11) is 0. The molecule has 0 saturated heterocycles. The summed E-state index contributed by atoms with van der Waals surface area (Å²) in [6.07, 6.45) is 0. The number of carbonyl (C=O) groups is 1. The lowest BCUT2D eigenvalue weighted by Crippen LogP contribution is -2.38. The van der Waals surface area contributed by atoms with Gasteiger partial charge in [0.1, 0.15) is 0 Å². The first-order valence-corrected chi connectivity index (χ1v) is 5.98. The van der Waals surface area contributed by atoms with E-state index in [1.807, 2.05) is 12.1 Å². The van der Waals surface area contributed by atoms with Gasteiger partial charge in [0.15, 0.2) is 0 Å². The van der Waals surface area contributed by atoms with Gasteiger partial charge in [-0.15, -0.1) is 11.3 Å². The van der Waals surface area contributed by atoms with E-state index in [1.54, 1.807) is 18.3 Å². The Morgan fingerprint density at radius 1 is 1.50 bits per heavy atom. The second-order valence-electron chi connectivity index (χ2n) is 3.76. The average Bonchev–Trinajstić information content (AvgIpc) is 2.68. The molecule has 0 aliphatic heterocycles. The second-order valence-corrected chi connectivity index (χ2v) is 4.92. The third kappa shape index (κ3) is 2.40. The number of thiophene rings is 1. The summed E-state index contributed by atoms with van der Waals surface area (Å²) in [6, 6.07) is 10.1. The van der Waals surface area contributed by atoms with Crippen LogP contribution in [0.25, 0.3) is 10.1 Å². The van der Waals surface area contributed by atoms with Crippen LogP contribution >= 0.6 is 11.3 Å². The maximum absolute atomic E-state index is 10.9. The van der Waals surface area contributed by atoms with E-state index < -0.39 is 0 Å². The number of hydrogen-bond donors (Lipinski definition) is 2. The summed E-state index contributed by atoms with van der Waals surface area (Å²) in [5.74, 6) is -0.318. The average molecular weight is 234 g/mol. The molecule has 1 atom stereocenters. The maximum atomic E-state index is 10.9. The van der Waals surface area contributed by atoms with Crippen molar-refractivity contribution in [1.82, 2.24) is 5.32 Å². The Morgan fingerprint density at radius 3 is 2.94 bits per heavy atom. The molecule has 4 heteroatoms. The highest BCUT2D eigenvalue weighted by atomic mass is 32.1. The zero-order valence-corrected chi connectivity index (χ0v) is 9.88. The van der Waals surface area contributed by atoms with Gasteiger partial charge in [-0.3, -0.25) is 4.79 Å². The van der Waals surface area contributed by atoms with Crippen LogP contribution in [0.4, 0.5) is 0 Å². The van der Waals surface area contributed by atoms with Crippen molar-refractivity contribution in [3.05, 3.63) is 35.2 Å². The third-order valence-electron chi connectivity index (χ3n) is 2.49. The predicted molar refractivity (Wildman–Crippen MR) is 67.3 cm³/mol. The Kier molecular flexibility index (Phi) is 3.22. The SMILES string of the molecule is CC(NCc1cc2ccccc2s1)C(N)=O. The summed E-state index contributed by atoms with van der Waals surface area (Å²) in [5, 5.41) is 4.34. The molecule has 0 fully saturated rings. The van der Waals surface area contributed by atoms with E-state index in [9.17, 15) is 4.79 Å². The van der Waals surface area contributed by atoms with E-state index in [4.69, 9.17) is 5.73 Å². The van der Waals surface area contributed by atoms with E-state index in [0.29, 0.717) is 6.54 Å². The van der Waals surface area contributed by atoms with Gasteiger partial charge in [0.05, 0.1) is 6.04 Å². The molecular formula is C12H14N2OS. The molecule has 3 N–H and O–H groups in total. The summed E-state index contributed by atoms with van der Waals surface area (Å²) in [6.45, 7) is 2.46. The molecule has 0 bridgehead atoms. The number of benzene rings is 1. The number of hydrogen-bond acceptors (Lipinski definition) is 3. The normalized spacial score (nSPS) is 12.8. The first-order valence-electron chi connectivity index (χ1n) is 5.17. The van der Waals surface area contributed by atoms with Crippen molar-refractivity contribution in [1.29, 1.82) is 0 Å². The van der Waals surface area contributed by atoms with Gasteiger partial charge >= 0.3 is 0 Å². The number of fused-ring (bicyclic) bond motifs is 1. The van der Waals surface area contributed by atoms with Crippen LogP contribution in [0.3, 0.4) is 0 Å². The molecule has 1 unspecified atom stereocenters. The van der Waals surface area contributed by atoms with E-state index >= 15 is 0 Å². The van der Waals surface area contributed by atoms with Gasteiger partial charge in [0, 0.05) is 16.1 Å². The zero-order chi connectivity index (χ0) is 11.5. The van der Waals surface area contributed by atoms with Gasteiger partial charge in [0.2, 0.25) is 5.91 Å². The molecule has 84 valence electrons.